The lowest BCUT2D eigenvalue weighted by Gasteiger charge is -2.30. The summed E-state index contributed by atoms with van der Waals surface area (Å²) in [5.41, 5.74) is 8.18. The van der Waals surface area contributed by atoms with Gasteiger partial charge < -0.3 is 4.74 Å². The molecule has 4 rings (SSSR count). The zero-order valence-electron chi connectivity index (χ0n) is 15.8. The average molecular weight is 359 g/mol. The van der Waals surface area contributed by atoms with Crippen molar-refractivity contribution in [3.63, 3.8) is 0 Å². The number of rotatable bonds is 3. The van der Waals surface area contributed by atoms with Crippen LogP contribution in [-0.4, -0.2) is 37.1 Å². The Balaban J connectivity index is 1.63. The molecule has 3 heteroatoms. The van der Waals surface area contributed by atoms with Crippen LogP contribution in [0.5, 0.6) is 0 Å². The van der Waals surface area contributed by atoms with E-state index in [-0.39, 0.29) is 5.97 Å². The molecular formula is C24H25NO2. The molecular weight excluding hydrogens is 334 g/mol. The fraction of sp³-hybridized carbons (Fsp3) is 0.292. The van der Waals surface area contributed by atoms with E-state index in [9.17, 15) is 4.79 Å². The van der Waals surface area contributed by atoms with Crippen LogP contribution in [0.4, 0.5) is 0 Å². The van der Waals surface area contributed by atoms with Crippen molar-refractivity contribution in [2.75, 3.05) is 26.2 Å². The van der Waals surface area contributed by atoms with Gasteiger partial charge in [0.1, 0.15) is 6.61 Å². The molecule has 0 radical (unpaired) electrons. The molecule has 2 aromatic rings. The first kappa shape index (κ1) is 17.7. The summed E-state index contributed by atoms with van der Waals surface area (Å²) in [5.74, 6) is -0.200. The van der Waals surface area contributed by atoms with Crippen LogP contribution in [-0.2, 0) is 9.53 Å². The molecule has 0 unspecified atom stereocenters. The van der Waals surface area contributed by atoms with E-state index in [2.05, 4.69) is 65.6 Å². The third-order valence-electron chi connectivity index (χ3n) is 5.43. The number of hydrogen-bond donors (Lipinski definition) is 0. The fourth-order valence-corrected chi connectivity index (χ4v) is 4.06. The van der Waals surface area contributed by atoms with Gasteiger partial charge in [0.25, 0.3) is 0 Å². The molecule has 0 aromatic heterocycles. The monoisotopic (exact) mass is 359 g/mol. The predicted octanol–water partition coefficient (Wildman–Crippen LogP) is 4.63. The minimum absolute atomic E-state index is 0.200. The Hall–Kier alpha value is -2.65. The topological polar surface area (TPSA) is 29.5 Å². The number of carbonyl (C=O) groups is 1. The highest BCUT2D eigenvalue weighted by molar-refractivity contribution is 5.94. The average Bonchev–Trinajstić information content (AvgIpc) is 2.85. The van der Waals surface area contributed by atoms with Gasteiger partial charge in [-0.15, -0.1) is 0 Å². The van der Waals surface area contributed by atoms with E-state index in [1.165, 1.54) is 40.3 Å². The third kappa shape index (κ3) is 3.88. The third-order valence-corrected chi connectivity index (χ3v) is 5.43. The first-order chi connectivity index (χ1) is 13.2. The maximum absolute atomic E-state index is 11.0. The van der Waals surface area contributed by atoms with Crippen molar-refractivity contribution in [3.05, 3.63) is 76.4 Å². The van der Waals surface area contributed by atoms with E-state index in [1.807, 2.05) is 0 Å². The van der Waals surface area contributed by atoms with Gasteiger partial charge in [-0.2, -0.15) is 0 Å². The molecule has 1 saturated heterocycles. The lowest BCUT2D eigenvalue weighted by atomic mass is 9.86. The van der Waals surface area contributed by atoms with Gasteiger partial charge in [0.2, 0.25) is 0 Å². The predicted molar refractivity (Wildman–Crippen MR) is 110 cm³/mol. The largest absolute Gasteiger partial charge is 0.465 e. The summed E-state index contributed by atoms with van der Waals surface area (Å²) in [5, 5.41) is 0. The van der Waals surface area contributed by atoms with Crippen LogP contribution in [0.3, 0.4) is 0 Å². The molecule has 1 heterocycles. The molecule has 1 aliphatic carbocycles. The van der Waals surface area contributed by atoms with Crippen LogP contribution < -0.4 is 0 Å². The normalized spacial score (nSPS) is 16.5. The minimum Gasteiger partial charge on any atom is -0.465 e. The van der Waals surface area contributed by atoms with Crippen LogP contribution in [0.15, 0.2) is 54.1 Å². The van der Waals surface area contributed by atoms with Crippen LogP contribution in [0, 0.1) is 0 Å². The zero-order valence-corrected chi connectivity index (χ0v) is 15.8. The Kier molecular flexibility index (Phi) is 5.21. The zero-order chi connectivity index (χ0) is 18.6. The Morgan fingerprint density at radius 2 is 1.48 bits per heavy atom. The van der Waals surface area contributed by atoms with E-state index in [0.717, 1.165) is 32.5 Å². The summed E-state index contributed by atoms with van der Waals surface area (Å²) in [6, 6.07) is 17.4. The van der Waals surface area contributed by atoms with Crippen molar-refractivity contribution in [1.82, 2.24) is 4.90 Å². The molecule has 0 saturated carbocycles. The summed E-state index contributed by atoms with van der Waals surface area (Å²) >= 11 is 0. The molecule has 0 amide bonds. The first-order valence-corrected chi connectivity index (χ1v) is 9.67. The van der Waals surface area contributed by atoms with Gasteiger partial charge in [0.15, 0.2) is 0 Å². The SMILES string of the molecule is CC(=O)OCCN1CCC(=C2c3ccccc3C=Cc3ccccc32)CC1. The van der Waals surface area contributed by atoms with Crippen LogP contribution in [0.1, 0.15) is 42.0 Å². The Morgan fingerprint density at radius 3 is 2.04 bits per heavy atom. The number of hydrogen-bond acceptors (Lipinski definition) is 3. The molecule has 0 spiro atoms. The first-order valence-electron chi connectivity index (χ1n) is 9.67. The van der Waals surface area contributed by atoms with Gasteiger partial charge >= 0.3 is 5.97 Å². The second-order valence-electron chi connectivity index (χ2n) is 7.17. The van der Waals surface area contributed by atoms with E-state index in [4.69, 9.17) is 4.74 Å². The maximum atomic E-state index is 11.0. The summed E-state index contributed by atoms with van der Waals surface area (Å²) in [4.78, 5) is 13.3. The standard InChI is InChI=1S/C24H25NO2/c1-18(26)27-17-16-25-14-12-21(13-15-25)24-22-8-4-2-6-19(22)10-11-20-7-3-5-9-23(20)24/h2-11H,12-17H2,1H3. The van der Waals surface area contributed by atoms with Gasteiger partial charge in [-0.25, -0.2) is 0 Å². The number of esters is 1. The van der Waals surface area contributed by atoms with Crippen molar-refractivity contribution in [2.24, 2.45) is 0 Å². The summed E-state index contributed by atoms with van der Waals surface area (Å²) in [7, 11) is 0. The Morgan fingerprint density at radius 1 is 0.926 bits per heavy atom. The second-order valence-corrected chi connectivity index (χ2v) is 7.17. The number of nitrogens with zero attached hydrogens (tertiary/aromatic N) is 1. The van der Waals surface area contributed by atoms with Crippen LogP contribution >= 0.6 is 0 Å². The number of carbonyl (C=O) groups excluding carboxylic acids is 1. The molecule has 27 heavy (non-hydrogen) atoms. The number of piperidine rings is 1. The number of fused-ring (bicyclic) bond motifs is 2. The molecule has 0 N–H and O–H groups in total. The van der Waals surface area contributed by atoms with E-state index < -0.39 is 0 Å². The highest BCUT2D eigenvalue weighted by atomic mass is 16.5. The lowest BCUT2D eigenvalue weighted by Crippen LogP contribution is -2.34. The Bertz CT molecular complexity index is 849. The highest BCUT2D eigenvalue weighted by Crippen LogP contribution is 2.38. The smallest absolute Gasteiger partial charge is 0.302 e. The van der Waals surface area contributed by atoms with Crippen LogP contribution in [0.25, 0.3) is 17.7 Å². The molecule has 0 atom stereocenters. The molecule has 1 fully saturated rings. The molecule has 2 aliphatic rings. The number of benzene rings is 2. The van der Waals surface area contributed by atoms with E-state index >= 15 is 0 Å². The molecule has 1 aliphatic heterocycles. The van der Waals surface area contributed by atoms with Crippen molar-refractivity contribution in [2.45, 2.75) is 19.8 Å². The second kappa shape index (κ2) is 7.93. The van der Waals surface area contributed by atoms with E-state index in [1.54, 1.807) is 0 Å². The highest BCUT2D eigenvalue weighted by Gasteiger charge is 2.22. The molecule has 138 valence electrons. The summed E-state index contributed by atoms with van der Waals surface area (Å²) in [6.07, 6.45) is 6.57. The van der Waals surface area contributed by atoms with Gasteiger partial charge in [0, 0.05) is 26.6 Å². The quantitative estimate of drug-likeness (QED) is 0.639. The van der Waals surface area contributed by atoms with Crippen molar-refractivity contribution in [3.8, 4) is 0 Å². The fourth-order valence-electron chi connectivity index (χ4n) is 4.06. The summed E-state index contributed by atoms with van der Waals surface area (Å²) < 4.78 is 5.10. The van der Waals surface area contributed by atoms with Gasteiger partial charge in [-0.3, -0.25) is 9.69 Å². The van der Waals surface area contributed by atoms with Crippen molar-refractivity contribution >= 4 is 23.7 Å². The molecule has 0 bridgehead atoms. The number of likely N-dealkylation sites (tertiary alicyclic amines) is 1. The van der Waals surface area contributed by atoms with Gasteiger partial charge in [-0.1, -0.05) is 66.3 Å². The van der Waals surface area contributed by atoms with Gasteiger partial charge in [-0.05, 0) is 40.7 Å². The lowest BCUT2D eigenvalue weighted by molar-refractivity contribution is -0.141. The minimum atomic E-state index is -0.200. The van der Waals surface area contributed by atoms with Crippen LogP contribution in [0.2, 0.25) is 0 Å². The maximum Gasteiger partial charge on any atom is 0.302 e. The van der Waals surface area contributed by atoms with Crippen molar-refractivity contribution < 1.29 is 9.53 Å². The summed E-state index contributed by atoms with van der Waals surface area (Å²) in [6.45, 7) is 4.79. The molecule has 3 nitrogen and oxygen atoms in total. The number of ether oxygens (including phenoxy) is 1. The Labute approximate surface area is 161 Å². The van der Waals surface area contributed by atoms with E-state index in [0.29, 0.717) is 6.61 Å². The van der Waals surface area contributed by atoms with Crippen molar-refractivity contribution in [1.29, 1.82) is 0 Å². The molecule has 2 aromatic carbocycles. The van der Waals surface area contributed by atoms with Gasteiger partial charge in [0.05, 0.1) is 0 Å².